The largest absolute Gasteiger partial charge is 0.413 e. The topological polar surface area (TPSA) is 119 Å². The van der Waals surface area contributed by atoms with Crippen LogP contribution in [-0.2, 0) is 26.3 Å². The first-order valence-corrected chi connectivity index (χ1v) is 12.1. The molecule has 0 aliphatic carbocycles. The van der Waals surface area contributed by atoms with Gasteiger partial charge < -0.3 is 4.42 Å². The Bertz CT molecular complexity index is 949. The minimum Gasteiger partial charge on any atom is -0.413 e. The standard InChI is InChI=1S/C17H25N3O5S2/c1-13(2)14-8-10-15(11-9-14)27(23,24)18-12-6-4-5-7-16-19-20-17(25-16)26(3,21)22/h8-11,13,18H,4-7,12H2,1-3H3. The van der Waals surface area contributed by atoms with Crippen LogP contribution in [0.3, 0.4) is 0 Å². The fourth-order valence-corrected chi connectivity index (χ4v) is 3.90. The van der Waals surface area contributed by atoms with Crippen LogP contribution in [-0.4, -0.2) is 39.8 Å². The Hall–Kier alpha value is -1.78. The molecule has 1 N–H and O–H groups in total. The van der Waals surface area contributed by atoms with E-state index in [4.69, 9.17) is 4.42 Å². The van der Waals surface area contributed by atoms with Gasteiger partial charge in [-0.05, 0) is 36.5 Å². The molecule has 0 amide bonds. The molecule has 1 aromatic carbocycles. The van der Waals surface area contributed by atoms with Gasteiger partial charge in [0, 0.05) is 19.2 Å². The number of hydrogen-bond donors (Lipinski definition) is 1. The van der Waals surface area contributed by atoms with Gasteiger partial charge >= 0.3 is 5.22 Å². The number of hydrogen-bond acceptors (Lipinski definition) is 7. The van der Waals surface area contributed by atoms with Crippen LogP contribution in [0.5, 0.6) is 0 Å². The lowest BCUT2D eigenvalue weighted by Crippen LogP contribution is -2.24. The van der Waals surface area contributed by atoms with Crippen LogP contribution >= 0.6 is 0 Å². The predicted octanol–water partition coefficient (Wildman–Crippen LogP) is 2.29. The zero-order chi connectivity index (χ0) is 20.1. The monoisotopic (exact) mass is 415 g/mol. The smallest absolute Gasteiger partial charge is 0.335 e. The molecule has 1 aromatic heterocycles. The van der Waals surface area contributed by atoms with E-state index in [1.165, 1.54) is 0 Å². The first-order valence-electron chi connectivity index (χ1n) is 8.71. The molecule has 0 aliphatic rings. The zero-order valence-corrected chi connectivity index (χ0v) is 17.3. The molecule has 8 nitrogen and oxygen atoms in total. The minimum atomic E-state index is -3.51. The third-order valence-electron chi connectivity index (χ3n) is 3.98. The van der Waals surface area contributed by atoms with Crippen molar-refractivity contribution in [3.05, 3.63) is 35.7 Å². The van der Waals surface area contributed by atoms with Gasteiger partial charge in [0.1, 0.15) is 0 Å². The van der Waals surface area contributed by atoms with Crippen molar-refractivity contribution in [1.29, 1.82) is 0 Å². The molecule has 0 atom stereocenters. The first-order chi connectivity index (χ1) is 12.6. The molecule has 0 unspecified atom stereocenters. The number of benzene rings is 1. The molecule has 0 aliphatic heterocycles. The average Bonchev–Trinajstić information content (AvgIpc) is 3.07. The van der Waals surface area contributed by atoms with E-state index in [2.05, 4.69) is 28.8 Å². The number of nitrogens with one attached hydrogen (secondary N) is 1. The molecule has 0 fully saturated rings. The Morgan fingerprint density at radius 1 is 1.00 bits per heavy atom. The van der Waals surface area contributed by atoms with Crippen LogP contribution in [0, 0.1) is 0 Å². The summed E-state index contributed by atoms with van der Waals surface area (Å²) in [4.78, 5) is 0.256. The number of unbranched alkanes of at least 4 members (excludes halogenated alkanes) is 2. The molecule has 0 spiro atoms. The lowest BCUT2D eigenvalue weighted by atomic mass is 10.0. The van der Waals surface area contributed by atoms with Gasteiger partial charge in [0.2, 0.25) is 25.8 Å². The lowest BCUT2D eigenvalue weighted by Gasteiger charge is -2.09. The maximum Gasteiger partial charge on any atom is 0.335 e. The Kier molecular flexibility index (Phi) is 7.12. The van der Waals surface area contributed by atoms with Crippen LogP contribution in [0.1, 0.15) is 50.5 Å². The number of nitrogens with zero attached hydrogens (tertiary/aromatic N) is 2. The van der Waals surface area contributed by atoms with E-state index in [-0.39, 0.29) is 16.0 Å². The van der Waals surface area contributed by atoms with Gasteiger partial charge in [-0.2, -0.15) is 0 Å². The average molecular weight is 416 g/mol. The molecule has 1 heterocycles. The summed E-state index contributed by atoms with van der Waals surface area (Å²) < 4.78 is 54.7. The van der Waals surface area contributed by atoms with Crippen molar-refractivity contribution in [2.75, 3.05) is 12.8 Å². The van der Waals surface area contributed by atoms with Crippen molar-refractivity contribution in [1.82, 2.24) is 14.9 Å². The summed E-state index contributed by atoms with van der Waals surface area (Å²) in [5.41, 5.74) is 1.09. The molecule has 0 bridgehead atoms. The highest BCUT2D eigenvalue weighted by molar-refractivity contribution is 7.90. The fourth-order valence-electron chi connectivity index (χ4n) is 2.39. The van der Waals surface area contributed by atoms with E-state index in [1.807, 2.05) is 12.1 Å². The maximum atomic E-state index is 12.3. The Balaban J connectivity index is 1.73. The quantitative estimate of drug-likeness (QED) is 0.591. The van der Waals surface area contributed by atoms with E-state index in [1.54, 1.807) is 12.1 Å². The summed E-state index contributed by atoms with van der Waals surface area (Å²) in [7, 11) is -7.00. The highest BCUT2D eigenvalue weighted by Crippen LogP contribution is 2.17. The second-order valence-corrected chi connectivity index (χ2v) is 10.3. The third kappa shape index (κ3) is 6.40. The van der Waals surface area contributed by atoms with E-state index in [9.17, 15) is 16.8 Å². The normalized spacial score (nSPS) is 12.6. The first kappa shape index (κ1) is 21.5. The van der Waals surface area contributed by atoms with Crippen LogP contribution in [0.2, 0.25) is 0 Å². The molecule has 10 heteroatoms. The lowest BCUT2D eigenvalue weighted by molar-refractivity contribution is 0.392. The molecule has 0 saturated carbocycles. The highest BCUT2D eigenvalue weighted by atomic mass is 32.2. The highest BCUT2D eigenvalue weighted by Gasteiger charge is 2.16. The third-order valence-corrected chi connectivity index (χ3v) is 6.26. The van der Waals surface area contributed by atoms with Crippen LogP contribution < -0.4 is 4.72 Å². The van der Waals surface area contributed by atoms with Crippen molar-refractivity contribution in [3.8, 4) is 0 Å². The number of aryl methyl sites for hydroxylation is 1. The van der Waals surface area contributed by atoms with Gasteiger partial charge in [0.15, 0.2) is 0 Å². The number of sulfonamides is 1. The molecular weight excluding hydrogens is 390 g/mol. The number of aromatic nitrogens is 2. The van der Waals surface area contributed by atoms with Gasteiger partial charge in [0.25, 0.3) is 0 Å². The molecule has 2 aromatic rings. The second kappa shape index (κ2) is 8.94. The molecule has 27 heavy (non-hydrogen) atoms. The summed E-state index contributed by atoms with van der Waals surface area (Å²) in [6.45, 7) is 4.43. The summed E-state index contributed by atoms with van der Waals surface area (Å²) in [5, 5.41) is 6.80. The van der Waals surface area contributed by atoms with E-state index in [0.717, 1.165) is 18.2 Å². The predicted molar refractivity (Wildman–Crippen MR) is 101 cm³/mol. The van der Waals surface area contributed by atoms with Crippen LogP contribution in [0.15, 0.2) is 38.8 Å². The van der Waals surface area contributed by atoms with Gasteiger partial charge in [0.05, 0.1) is 4.90 Å². The van der Waals surface area contributed by atoms with E-state index in [0.29, 0.717) is 31.7 Å². The molecule has 150 valence electrons. The van der Waals surface area contributed by atoms with Crippen LogP contribution in [0.4, 0.5) is 0 Å². The van der Waals surface area contributed by atoms with Gasteiger partial charge in [-0.3, -0.25) is 0 Å². The summed E-state index contributed by atoms with van der Waals surface area (Å²) in [6, 6.07) is 6.89. The summed E-state index contributed by atoms with van der Waals surface area (Å²) in [6.07, 6.45) is 3.54. The molecule has 2 rings (SSSR count). The summed E-state index contributed by atoms with van der Waals surface area (Å²) in [5.74, 6) is 0.614. The summed E-state index contributed by atoms with van der Waals surface area (Å²) >= 11 is 0. The van der Waals surface area contributed by atoms with Crippen molar-refractivity contribution < 1.29 is 21.3 Å². The van der Waals surface area contributed by atoms with Crippen molar-refractivity contribution in [2.24, 2.45) is 0 Å². The molecular formula is C17H25N3O5S2. The van der Waals surface area contributed by atoms with Crippen molar-refractivity contribution in [2.45, 2.75) is 55.6 Å². The zero-order valence-electron chi connectivity index (χ0n) is 15.7. The molecule has 0 radical (unpaired) electrons. The Morgan fingerprint density at radius 3 is 2.22 bits per heavy atom. The number of sulfone groups is 1. The fraction of sp³-hybridized carbons (Fsp3) is 0.529. The Morgan fingerprint density at radius 2 is 1.67 bits per heavy atom. The minimum absolute atomic E-state index is 0.256. The molecule has 0 saturated heterocycles. The van der Waals surface area contributed by atoms with E-state index >= 15 is 0 Å². The van der Waals surface area contributed by atoms with Crippen LogP contribution in [0.25, 0.3) is 0 Å². The van der Waals surface area contributed by atoms with E-state index < -0.39 is 19.9 Å². The second-order valence-electron chi connectivity index (χ2n) is 6.67. The Labute approximate surface area is 160 Å². The van der Waals surface area contributed by atoms with Gasteiger partial charge in [-0.15, -0.1) is 5.10 Å². The van der Waals surface area contributed by atoms with Crippen molar-refractivity contribution in [3.63, 3.8) is 0 Å². The SMILES string of the molecule is CC(C)c1ccc(S(=O)(=O)NCCCCCc2nnc(S(C)(=O)=O)o2)cc1. The number of rotatable bonds is 10. The van der Waals surface area contributed by atoms with Gasteiger partial charge in [-0.25, -0.2) is 21.6 Å². The van der Waals surface area contributed by atoms with Crippen molar-refractivity contribution >= 4 is 19.9 Å². The maximum absolute atomic E-state index is 12.3. The van der Waals surface area contributed by atoms with Gasteiger partial charge in [-0.1, -0.05) is 37.5 Å².